The van der Waals surface area contributed by atoms with Gasteiger partial charge in [0.25, 0.3) is 0 Å². The largest absolute Gasteiger partial charge is 0.352 e. The summed E-state index contributed by atoms with van der Waals surface area (Å²) in [6.07, 6.45) is 0.945. The molecule has 0 aromatic heterocycles. The van der Waals surface area contributed by atoms with Crippen LogP contribution in [0.5, 0.6) is 0 Å². The highest BCUT2D eigenvalue weighted by Crippen LogP contribution is 2.14. The number of nitrogens with zero attached hydrogens (tertiary/aromatic N) is 1. The van der Waals surface area contributed by atoms with Crippen molar-refractivity contribution in [2.24, 2.45) is 0 Å². The van der Waals surface area contributed by atoms with Crippen LogP contribution in [0.25, 0.3) is 0 Å². The first-order valence-electron chi connectivity index (χ1n) is 8.46. The van der Waals surface area contributed by atoms with Crippen molar-refractivity contribution in [3.63, 3.8) is 0 Å². The molecule has 138 valence electrons. The van der Waals surface area contributed by atoms with Gasteiger partial charge < -0.3 is 10.2 Å². The predicted octanol–water partition coefficient (Wildman–Crippen LogP) is 4.09. The van der Waals surface area contributed by atoms with E-state index in [4.69, 9.17) is 23.2 Å². The van der Waals surface area contributed by atoms with Crippen LogP contribution in [0, 0.1) is 0 Å². The lowest BCUT2D eigenvalue weighted by Gasteiger charge is -2.21. The van der Waals surface area contributed by atoms with Gasteiger partial charge in [-0.05, 0) is 35.7 Å². The number of hydrogen-bond donors (Lipinski definition) is 1. The van der Waals surface area contributed by atoms with Crippen LogP contribution in [0.3, 0.4) is 0 Å². The minimum atomic E-state index is -0.112. The Balaban J connectivity index is 1.79. The molecular weight excluding hydrogens is 371 g/mol. The maximum absolute atomic E-state index is 12.1. The standard InChI is InChI=1S/C20H22Cl2N2O2/c1-15(25)24(11-9-16-5-4-7-18(21)13-16)12-10-20(26)23-14-17-6-2-3-8-19(17)22/h2-8,13H,9-12,14H2,1H3,(H,23,26). The van der Waals surface area contributed by atoms with Gasteiger partial charge in [0, 0.05) is 43.0 Å². The first-order valence-corrected chi connectivity index (χ1v) is 9.21. The molecule has 2 aromatic rings. The normalized spacial score (nSPS) is 10.4. The van der Waals surface area contributed by atoms with E-state index < -0.39 is 0 Å². The van der Waals surface area contributed by atoms with Crippen LogP contribution < -0.4 is 5.32 Å². The molecule has 0 radical (unpaired) electrons. The lowest BCUT2D eigenvalue weighted by Crippen LogP contribution is -2.35. The first kappa shape index (κ1) is 20.3. The van der Waals surface area contributed by atoms with Crippen LogP contribution in [-0.2, 0) is 22.6 Å². The Morgan fingerprint density at radius 2 is 1.81 bits per heavy atom. The van der Waals surface area contributed by atoms with Crippen LogP contribution in [0.2, 0.25) is 10.0 Å². The first-order chi connectivity index (χ1) is 12.5. The number of carbonyl (C=O) groups is 2. The Bertz CT molecular complexity index is 765. The molecule has 0 fully saturated rings. The van der Waals surface area contributed by atoms with Crippen LogP contribution in [-0.4, -0.2) is 29.8 Å². The molecule has 4 nitrogen and oxygen atoms in total. The fraction of sp³-hybridized carbons (Fsp3) is 0.300. The van der Waals surface area contributed by atoms with Gasteiger partial charge in [0.2, 0.25) is 11.8 Å². The van der Waals surface area contributed by atoms with Crippen molar-refractivity contribution in [2.75, 3.05) is 13.1 Å². The second-order valence-corrected chi connectivity index (χ2v) is 6.85. The van der Waals surface area contributed by atoms with E-state index >= 15 is 0 Å². The molecule has 0 aliphatic carbocycles. The fourth-order valence-electron chi connectivity index (χ4n) is 2.54. The molecule has 1 N–H and O–H groups in total. The molecule has 0 aliphatic heterocycles. The summed E-state index contributed by atoms with van der Waals surface area (Å²) >= 11 is 12.1. The number of rotatable bonds is 8. The molecule has 0 spiro atoms. The second kappa shape index (κ2) is 10.2. The highest BCUT2D eigenvalue weighted by molar-refractivity contribution is 6.31. The second-order valence-electron chi connectivity index (χ2n) is 6.00. The van der Waals surface area contributed by atoms with E-state index in [9.17, 15) is 9.59 Å². The Hall–Kier alpha value is -2.04. The average molecular weight is 393 g/mol. The van der Waals surface area contributed by atoms with Crippen LogP contribution in [0.15, 0.2) is 48.5 Å². The number of benzene rings is 2. The van der Waals surface area contributed by atoms with E-state index in [2.05, 4.69) is 5.32 Å². The number of hydrogen-bond acceptors (Lipinski definition) is 2. The van der Waals surface area contributed by atoms with Crippen LogP contribution in [0.1, 0.15) is 24.5 Å². The van der Waals surface area contributed by atoms with Gasteiger partial charge in [0.1, 0.15) is 0 Å². The molecule has 0 unspecified atom stereocenters. The third-order valence-electron chi connectivity index (χ3n) is 4.05. The summed E-state index contributed by atoms with van der Waals surface area (Å²) in [4.78, 5) is 25.6. The molecule has 6 heteroatoms. The van der Waals surface area contributed by atoms with E-state index in [0.717, 1.165) is 11.1 Å². The van der Waals surface area contributed by atoms with Gasteiger partial charge in [0.05, 0.1) is 0 Å². The lowest BCUT2D eigenvalue weighted by molar-refractivity contribution is -0.129. The summed E-state index contributed by atoms with van der Waals surface area (Å²) in [6.45, 7) is 2.82. The van der Waals surface area contributed by atoms with Gasteiger partial charge in [-0.3, -0.25) is 9.59 Å². The predicted molar refractivity (Wildman–Crippen MR) is 105 cm³/mol. The molecule has 0 heterocycles. The zero-order valence-corrected chi connectivity index (χ0v) is 16.2. The third-order valence-corrected chi connectivity index (χ3v) is 4.65. The van der Waals surface area contributed by atoms with Crippen molar-refractivity contribution in [3.8, 4) is 0 Å². The number of amides is 2. The van der Waals surface area contributed by atoms with Crippen LogP contribution in [0.4, 0.5) is 0 Å². The van der Waals surface area contributed by atoms with Crippen molar-refractivity contribution in [3.05, 3.63) is 69.7 Å². The highest BCUT2D eigenvalue weighted by atomic mass is 35.5. The average Bonchev–Trinajstić information content (AvgIpc) is 2.60. The van der Waals surface area contributed by atoms with Gasteiger partial charge in [-0.25, -0.2) is 0 Å². The Labute approximate surface area is 164 Å². The zero-order chi connectivity index (χ0) is 18.9. The van der Waals surface area contributed by atoms with E-state index in [-0.39, 0.29) is 18.2 Å². The van der Waals surface area contributed by atoms with Gasteiger partial charge in [-0.15, -0.1) is 0 Å². The molecule has 0 saturated heterocycles. The lowest BCUT2D eigenvalue weighted by atomic mass is 10.1. The van der Waals surface area contributed by atoms with Crippen molar-refractivity contribution in [1.82, 2.24) is 10.2 Å². The maximum Gasteiger partial charge on any atom is 0.222 e. The number of nitrogens with one attached hydrogen (secondary N) is 1. The van der Waals surface area contributed by atoms with Crippen molar-refractivity contribution in [1.29, 1.82) is 0 Å². The summed E-state index contributed by atoms with van der Waals surface area (Å²) in [6, 6.07) is 14.9. The Kier molecular flexibility index (Phi) is 7.95. The Morgan fingerprint density at radius 1 is 1.04 bits per heavy atom. The quantitative estimate of drug-likeness (QED) is 0.735. The molecule has 0 bridgehead atoms. The molecule has 0 atom stereocenters. The molecule has 0 saturated carbocycles. The molecule has 0 aliphatic rings. The minimum absolute atomic E-state index is 0.0501. The monoisotopic (exact) mass is 392 g/mol. The van der Waals surface area contributed by atoms with E-state index in [1.807, 2.05) is 42.5 Å². The Morgan fingerprint density at radius 3 is 2.50 bits per heavy atom. The van der Waals surface area contributed by atoms with Crippen LogP contribution >= 0.6 is 23.2 Å². The molecule has 2 aromatic carbocycles. The van der Waals surface area contributed by atoms with E-state index in [1.165, 1.54) is 6.92 Å². The highest BCUT2D eigenvalue weighted by Gasteiger charge is 2.12. The summed E-state index contributed by atoms with van der Waals surface area (Å²) in [5.74, 6) is -0.162. The van der Waals surface area contributed by atoms with E-state index in [1.54, 1.807) is 11.0 Å². The third kappa shape index (κ3) is 6.70. The van der Waals surface area contributed by atoms with Crippen molar-refractivity contribution in [2.45, 2.75) is 26.3 Å². The fourth-order valence-corrected chi connectivity index (χ4v) is 2.96. The SMILES string of the molecule is CC(=O)N(CCC(=O)NCc1ccccc1Cl)CCc1cccc(Cl)c1. The van der Waals surface area contributed by atoms with E-state index in [0.29, 0.717) is 36.1 Å². The molecule has 2 amide bonds. The zero-order valence-electron chi connectivity index (χ0n) is 14.7. The van der Waals surface area contributed by atoms with Gasteiger partial charge in [-0.1, -0.05) is 53.5 Å². The van der Waals surface area contributed by atoms with Gasteiger partial charge >= 0.3 is 0 Å². The van der Waals surface area contributed by atoms with Crippen molar-refractivity contribution >= 4 is 35.0 Å². The molecular formula is C20H22Cl2N2O2. The van der Waals surface area contributed by atoms with Crippen molar-refractivity contribution < 1.29 is 9.59 Å². The summed E-state index contributed by atoms with van der Waals surface area (Å²) in [7, 11) is 0. The summed E-state index contributed by atoms with van der Waals surface area (Å²) < 4.78 is 0. The number of halogens is 2. The summed E-state index contributed by atoms with van der Waals surface area (Å²) in [5, 5.41) is 4.14. The minimum Gasteiger partial charge on any atom is -0.352 e. The number of carbonyl (C=O) groups excluding carboxylic acids is 2. The smallest absolute Gasteiger partial charge is 0.222 e. The summed E-state index contributed by atoms with van der Waals surface area (Å²) in [5.41, 5.74) is 1.93. The molecule has 26 heavy (non-hydrogen) atoms. The van der Waals surface area contributed by atoms with Gasteiger partial charge in [-0.2, -0.15) is 0 Å². The maximum atomic E-state index is 12.1. The topological polar surface area (TPSA) is 49.4 Å². The van der Waals surface area contributed by atoms with Gasteiger partial charge in [0.15, 0.2) is 0 Å². The molecule has 2 rings (SSSR count).